The van der Waals surface area contributed by atoms with E-state index in [2.05, 4.69) is 15.7 Å². The average molecular weight is 570 g/mol. The van der Waals surface area contributed by atoms with Gasteiger partial charge in [-0.05, 0) is 67.6 Å². The second-order valence-electron chi connectivity index (χ2n) is 9.83. The van der Waals surface area contributed by atoms with Crippen LogP contribution in [0.5, 0.6) is 0 Å². The van der Waals surface area contributed by atoms with Crippen molar-refractivity contribution in [2.45, 2.75) is 51.9 Å². The second-order valence-corrected chi connectivity index (χ2v) is 9.83. The fourth-order valence-electron chi connectivity index (χ4n) is 4.67. The lowest BCUT2D eigenvalue weighted by Crippen LogP contribution is -2.24. The van der Waals surface area contributed by atoms with Gasteiger partial charge in [-0.25, -0.2) is 0 Å². The minimum Gasteiger partial charge on any atom is -0.481 e. The van der Waals surface area contributed by atoms with E-state index in [1.54, 1.807) is 41.8 Å². The standard InChI is InChI=1S/C29H30F3N5O4/c1-17-15-37(24-14-21(28(41)33-3)9-10-22(17)24)18(2)27(40)34-23-13-19(7-8-20(23)5-4-6-26(38)39)16-36-12-11-25(35-36)29(30,31)32/h7-15,18H,4-6,16H2,1-3H3,(H,33,41)(H,34,40)(H,38,39). The highest BCUT2D eigenvalue weighted by Crippen LogP contribution is 2.29. The zero-order valence-electron chi connectivity index (χ0n) is 22.7. The largest absolute Gasteiger partial charge is 0.481 e. The van der Waals surface area contributed by atoms with Crippen LogP contribution in [0.4, 0.5) is 18.9 Å². The first-order chi connectivity index (χ1) is 19.4. The van der Waals surface area contributed by atoms with Crippen molar-refractivity contribution >= 4 is 34.4 Å². The van der Waals surface area contributed by atoms with Crippen LogP contribution in [0.1, 0.15) is 58.5 Å². The van der Waals surface area contributed by atoms with Gasteiger partial charge in [0.1, 0.15) is 6.04 Å². The molecule has 9 nitrogen and oxygen atoms in total. The molecule has 0 aliphatic heterocycles. The Labute approximate surface area is 234 Å². The van der Waals surface area contributed by atoms with Gasteiger partial charge in [0.25, 0.3) is 5.91 Å². The van der Waals surface area contributed by atoms with Crippen LogP contribution in [0, 0.1) is 6.92 Å². The molecule has 0 spiro atoms. The number of carbonyl (C=O) groups excluding carboxylic acids is 2. The zero-order valence-corrected chi connectivity index (χ0v) is 22.7. The van der Waals surface area contributed by atoms with Crippen LogP contribution >= 0.6 is 0 Å². The van der Waals surface area contributed by atoms with Crippen LogP contribution < -0.4 is 10.6 Å². The van der Waals surface area contributed by atoms with Crippen molar-refractivity contribution in [3.05, 3.63) is 82.8 Å². The summed E-state index contributed by atoms with van der Waals surface area (Å²) < 4.78 is 41.9. The van der Waals surface area contributed by atoms with E-state index in [0.29, 0.717) is 40.7 Å². The summed E-state index contributed by atoms with van der Waals surface area (Å²) in [6.07, 6.45) is -0.834. The third kappa shape index (κ3) is 6.76. The molecule has 0 radical (unpaired) electrons. The first-order valence-corrected chi connectivity index (χ1v) is 13.0. The number of benzene rings is 2. The fourth-order valence-corrected chi connectivity index (χ4v) is 4.67. The lowest BCUT2D eigenvalue weighted by Gasteiger charge is -2.18. The number of nitrogens with one attached hydrogen (secondary N) is 2. The molecule has 2 aromatic heterocycles. The van der Waals surface area contributed by atoms with E-state index < -0.39 is 23.9 Å². The number of hydrogen-bond donors (Lipinski definition) is 3. The van der Waals surface area contributed by atoms with Crippen LogP contribution in [0.25, 0.3) is 10.9 Å². The first-order valence-electron chi connectivity index (χ1n) is 13.0. The van der Waals surface area contributed by atoms with Crippen LogP contribution in [-0.2, 0) is 28.7 Å². The van der Waals surface area contributed by atoms with E-state index in [1.807, 2.05) is 19.2 Å². The van der Waals surface area contributed by atoms with Crippen molar-refractivity contribution in [1.29, 1.82) is 0 Å². The number of amides is 2. The molecule has 0 saturated heterocycles. The molecular weight excluding hydrogens is 539 g/mol. The summed E-state index contributed by atoms with van der Waals surface area (Å²) >= 11 is 0. The summed E-state index contributed by atoms with van der Waals surface area (Å²) in [5.74, 6) is -1.55. The molecule has 2 amide bonds. The molecule has 0 aliphatic rings. The Morgan fingerprint density at radius 2 is 1.85 bits per heavy atom. The molecule has 2 heterocycles. The highest BCUT2D eigenvalue weighted by atomic mass is 19.4. The molecule has 12 heteroatoms. The molecule has 2 aromatic carbocycles. The van der Waals surface area contributed by atoms with Gasteiger partial charge in [0, 0.05) is 48.0 Å². The molecule has 0 saturated carbocycles. The van der Waals surface area contributed by atoms with E-state index >= 15 is 0 Å². The summed E-state index contributed by atoms with van der Waals surface area (Å²) in [5, 5.41) is 19.0. The first kappa shape index (κ1) is 29.4. The van der Waals surface area contributed by atoms with E-state index in [-0.39, 0.29) is 24.8 Å². The van der Waals surface area contributed by atoms with Gasteiger partial charge in [0.05, 0.1) is 6.54 Å². The third-order valence-corrected chi connectivity index (χ3v) is 6.86. The van der Waals surface area contributed by atoms with Crippen molar-refractivity contribution in [1.82, 2.24) is 19.7 Å². The number of aliphatic carboxylic acids is 1. The molecule has 0 bridgehead atoms. The number of alkyl halides is 3. The fraction of sp³-hybridized carbons (Fsp3) is 0.310. The van der Waals surface area contributed by atoms with E-state index in [9.17, 15) is 27.6 Å². The van der Waals surface area contributed by atoms with Gasteiger partial charge in [-0.15, -0.1) is 0 Å². The molecule has 216 valence electrons. The molecule has 4 aromatic rings. The number of nitrogens with zero attached hydrogens (tertiary/aromatic N) is 3. The molecule has 1 atom stereocenters. The van der Waals surface area contributed by atoms with E-state index in [1.165, 1.54) is 13.2 Å². The maximum Gasteiger partial charge on any atom is 0.435 e. The normalized spacial score (nSPS) is 12.3. The van der Waals surface area contributed by atoms with E-state index in [0.717, 1.165) is 21.7 Å². The maximum atomic E-state index is 13.5. The van der Waals surface area contributed by atoms with Crippen molar-refractivity contribution in [2.24, 2.45) is 0 Å². The van der Waals surface area contributed by atoms with Gasteiger partial charge < -0.3 is 20.3 Å². The highest BCUT2D eigenvalue weighted by Gasteiger charge is 2.33. The molecule has 41 heavy (non-hydrogen) atoms. The zero-order chi connectivity index (χ0) is 29.9. The number of rotatable bonds is 10. The Hall–Kier alpha value is -4.61. The molecule has 4 rings (SSSR count). The Bertz CT molecular complexity index is 1610. The molecule has 0 aliphatic carbocycles. The van der Waals surface area contributed by atoms with Gasteiger partial charge in [0.2, 0.25) is 5.91 Å². The molecular formula is C29H30F3N5O4. The number of fused-ring (bicyclic) bond motifs is 1. The predicted molar refractivity (Wildman–Crippen MR) is 147 cm³/mol. The van der Waals surface area contributed by atoms with Gasteiger partial charge >= 0.3 is 12.1 Å². The Balaban J connectivity index is 1.62. The van der Waals surface area contributed by atoms with Crippen molar-refractivity contribution in [3.8, 4) is 0 Å². The Kier molecular flexibility index (Phi) is 8.50. The molecule has 3 N–H and O–H groups in total. The molecule has 1 unspecified atom stereocenters. The summed E-state index contributed by atoms with van der Waals surface area (Å²) in [6, 6.07) is 10.6. The topological polar surface area (TPSA) is 118 Å². The number of carboxylic acid groups (broad SMARTS) is 1. The van der Waals surface area contributed by atoms with Gasteiger partial charge in [-0.1, -0.05) is 18.2 Å². The van der Waals surface area contributed by atoms with E-state index in [4.69, 9.17) is 5.11 Å². The van der Waals surface area contributed by atoms with Crippen LogP contribution in [0.15, 0.2) is 54.9 Å². The summed E-state index contributed by atoms with van der Waals surface area (Å²) in [6.45, 7) is 3.66. The van der Waals surface area contributed by atoms with Gasteiger partial charge in [-0.2, -0.15) is 18.3 Å². The van der Waals surface area contributed by atoms with Crippen molar-refractivity contribution in [3.63, 3.8) is 0 Å². The van der Waals surface area contributed by atoms with Gasteiger partial charge in [-0.3, -0.25) is 19.1 Å². The minimum atomic E-state index is -4.56. The number of halogens is 3. The highest BCUT2D eigenvalue weighted by molar-refractivity contribution is 6.00. The van der Waals surface area contributed by atoms with Crippen LogP contribution in [0.2, 0.25) is 0 Å². The van der Waals surface area contributed by atoms with Crippen molar-refractivity contribution in [2.75, 3.05) is 12.4 Å². The third-order valence-electron chi connectivity index (χ3n) is 6.86. The number of carboxylic acids is 1. The number of anilines is 1. The second kappa shape index (κ2) is 11.9. The number of hydrogen-bond acceptors (Lipinski definition) is 4. The van der Waals surface area contributed by atoms with Crippen LogP contribution in [0.3, 0.4) is 0 Å². The molecule has 0 fully saturated rings. The minimum absolute atomic E-state index is 0.0353. The van der Waals surface area contributed by atoms with Crippen LogP contribution in [-0.4, -0.2) is 44.3 Å². The Morgan fingerprint density at radius 1 is 1.10 bits per heavy atom. The van der Waals surface area contributed by atoms with Crippen molar-refractivity contribution < 1.29 is 32.7 Å². The smallest absolute Gasteiger partial charge is 0.435 e. The Morgan fingerprint density at radius 3 is 2.51 bits per heavy atom. The quantitative estimate of drug-likeness (QED) is 0.243. The SMILES string of the molecule is CNC(=O)c1ccc2c(C)cn(C(C)C(=O)Nc3cc(Cn4ccc(C(F)(F)F)n4)ccc3CCCC(=O)O)c2c1. The average Bonchev–Trinajstić information content (AvgIpc) is 3.53. The number of aromatic nitrogens is 3. The maximum absolute atomic E-state index is 13.5. The lowest BCUT2D eigenvalue weighted by molar-refractivity contribution is -0.141. The summed E-state index contributed by atoms with van der Waals surface area (Å²) in [5.41, 5.74) is 2.82. The monoisotopic (exact) mass is 569 g/mol. The number of carbonyl (C=O) groups is 3. The summed E-state index contributed by atoms with van der Waals surface area (Å²) in [7, 11) is 1.54. The summed E-state index contributed by atoms with van der Waals surface area (Å²) in [4.78, 5) is 36.7. The van der Waals surface area contributed by atoms with Gasteiger partial charge in [0.15, 0.2) is 5.69 Å². The number of aryl methyl sites for hydroxylation is 2. The lowest BCUT2D eigenvalue weighted by atomic mass is 10.0. The predicted octanol–water partition coefficient (Wildman–Crippen LogP) is 5.18.